The third-order valence-corrected chi connectivity index (χ3v) is 6.20. The van der Waals surface area contributed by atoms with Gasteiger partial charge < -0.3 is 10.1 Å². The first-order chi connectivity index (χ1) is 11.9. The van der Waals surface area contributed by atoms with E-state index in [1.165, 1.54) is 16.4 Å². The lowest BCUT2D eigenvalue weighted by molar-refractivity contribution is -0.123. The van der Waals surface area contributed by atoms with Gasteiger partial charge in [0.05, 0.1) is 0 Å². The van der Waals surface area contributed by atoms with Gasteiger partial charge in [0.2, 0.25) is 10.0 Å². The second kappa shape index (κ2) is 9.40. The van der Waals surface area contributed by atoms with E-state index in [0.717, 1.165) is 32.1 Å². The molecule has 1 aromatic rings. The van der Waals surface area contributed by atoms with Crippen LogP contribution in [0.25, 0.3) is 0 Å². The lowest BCUT2D eigenvalue weighted by Gasteiger charge is -2.18. The fourth-order valence-corrected chi connectivity index (χ4v) is 4.58. The van der Waals surface area contributed by atoms with E-state index >= 15 is 0 Å². The van der Waals surface area contributed by atoms with E-state index in [2.05, 4.69) is 12.2 Å². The number of rotatable bonds is 9. The number of carbonyl (C=O) groups is 1. The first-order valence-corrected chi connectivity index (χ1v) is 10.5. The molecule has 6 nitrogen and oxygen atoms in total. The van der Waals surface area contributed by atoms with Crippen molar-refractivity contribution in [3.63, 3.8) is 0 Å². The van der Waals surface area contributed by atoms with Gasteiger partial charge in [-0.3, -0.25) is 4.79 Å². The zero-order valence-electron chi connectivity index (χ0n) is 14.5. The molecule has 8 heteroatoms. The molecule has 1 heterocycles. The lowest BCUT2D eigenvalue weighted by Crippen LogP contribution is -2.31. The third-order valence-electron chi connectivity index (χ3n) is 4.05. The van der Waals surface area contributed by atoms with Gasteiger partial charge in [-0.15, -0.1) is 0 Å². The van der Waals surface area contributed by atoms with Gasteiger partial charge in [0.15, 0.2) is 6.61 Å². The van der Waals surface area contributed by atoms with Crippen LogP contribution >= 0.6 is 11.6 Å². The molecule has 0 aromatic heterocycles. The molecule has 1 aliphatic rings. The molecule has 1 aromatic carbocycles. The Bertz CT molecular complexity index is 688. The summed E-state index contributed by atoms with van der Waals surface area (Å²) in [6, 6.07) is 4.43. The monoisotopic (exact) mass is 388 g/mol. The number of nitrogens with zero attached hydrogens (tertiary/aromatic N) is 1. The highest BCUT2D eigenvalue weighted by molar-refractivity contribution is 7.89. The SMILES string of the molecule is CCCCCNC(=O)COc1ccc(Cl)cc1S(=O)(=O)N1CCCC1. The smallest absolute Gasteiger partial charge is 0.257 e. The number of sulfonamides is 1. The summed E-state index contributed by atoms with van der Waals surface area (Å²) >= 11 is 5.97. The van der Waals surface area contributed by atoms with Gasteiger partial charge in [0.25, 0.3) is 5.91 Å². The molecule has 1 N–H and O–H groups in total. The van der Waals surface area contributed by atoms with Crippen molar-refractivity contribution in [2.75, 3.05) is 26.2 Å². The van der Waals surface area contributed by atoms with Gasteiger partial charge in [-0.2, -0.15) is 4.31 Å². The summed E-state index contributed by atoms with van der Waals surface area (Å²) in [6.45, 7) is 3.44. The van der Waals surface area contributed by atoms with E-state index in [4.69, 9.17) is 16.3 Å². The summed E-state index contributed by atoms with van der Waals surface area (Å²) in [4.78, 5) is 11.9. The molecule has 1 aliphatic heterocycles. The van der Waals surface area contributed by atoms with Crippen LogP contribution in [0.5, 0.6) is 5.75 Å². The molecule has 0 saturated carbocycles. The summed E-state index contributed by atoms with van der Waals surface area (Å²) in [6.07, 6.45) is 4.73. The summed E-state index contributed by atoms with van der Waals surface area (Å²) in [5, 5.41) is 3.08. The Kier molecular flexibility index (Phi) is 7.53. The molecular weight excluding hydrogens is 364 g/mol. The predicted octanol–water partition coefficient (Wildman–Crippen LogP) is 2.81. The lowest BCUT2D eigenvalue weighted by atomic mass is 10.2. The first kappa shape index (κ1) is 20.0. The van der Waals surface area contributed by atoms with Crippen LogP contribution in [0.1, 0.15) is 39.0 Å². The second-order valence-electron chi connectivity index (χ2n) is 6.05. The van der Waals surface area contributed by atoms with E-state index in [1.54, 1.807) is 6.07 Å². The number of hydrogen-bond donors (Lipinski definition) is 1. The normalized spacial score (nSPS) is 15.3. The molecule has 2 rings (SSSR count). The van der Waals surface area contributed by atoms with Crippen molar-refractivity contribution in [2.45, 2.75) is 43.9 Å². The number of amides is 1. The highest BCUT2D eigenvalue weighted by atomic mass is 35.5. The number of unbranched alkanes of at least 4 members (excludes halogenated alkanes) is 2. The van der Waals surface area contributed by atoms with Crippen LogP contribution in [0.3, 0.4) is 0 Å². The van der Waals surface area contributed by atoms with Gasteiger partial charge in [0.1, 0.15) is 10.6 Å². The van der Waals surface area contributed by atoms with Crippen LogP contribution in [-0.4, -0.2) is 44.9 Å². The Morgan fingerprint density at radius 3 is 2.68 bits per heavy atom. The number of ether oxygens (including phenoxy) is 1. The van der Waals surface area contributed by atoms with Crippen LogP contribution in [0.2, 0.25) is 5.02 Å². The van der Waals surface area contributed by atoms with Crippen molar-refractivity contribution in [1.82, 2.24) is 9.62 Å². The van der Waals surface area contributed by atoms with Crippen LogP contribution in [0, 0.1) is 0 Å². The Morgan fingerprint density at radius 1 is 1.28 bits per heavy atom. The Morgan fingerprint density at radius 2 is 2.00 bits per heavy atom. The van der Waals surface area contributed by atoms with Crippen molar-refractivity contribution in [3.8, 4) is 5.75 Å². The molecule has 1 amide bonds. The van der Waals surface area contributed by atoms with Crippen molar-refractivity contribution in [1.29, 1.82) is 0 Å². The van der Waals surface area contributed by atoms with Crippen LogP contribution in [0.4, 0.5) is 0 Å². The molecule has 140 valence electrons. The first-order valence-electron chi connectivity index (χ1n) is 8.64. The maximum Gasteiger partial charge on any atom is 0.257 e. The molecule has 25 heavy (non-hydrogen) atoms. The molecule has 1 saturated heterocycles. The Labute approximate surface area is 154 Å². The van der Waals surface area contributed by atoms with Gasteiger partial charge in [0, 0.05) is 24.7 Å². The number of carbonyl (C=O) groups excluding carboxylic acids is 1. The van der Waals surface area contributed by atoms with Crippen molar-refractivity contribution in [3.05, 3.63) is 23.2 Å². The number of halogens is 1. The fraction of sp³-hybridized carbons (Fsp3) is 0.588. The molecule has 0 bridgehead atoms. The average molecular weight is 389 g/mol. The number of benzene rings is 1. The number of nitrogens with one attached hydrogen (secondary N) is 1. The van der Waals surface area contributed by atoms with E-state index < -0.39 is 10.0 Å². The molecule has 0 radical (unpaired) electrons. The third kappa shape index (κ3) is 5.59. The van der Waals surface area contributed by atoms with Gasteiger partial charge in [-0.1, -0.05) is 31.4 Å². The van der Waals surface area contributed by atoms with Crippen LogP contribution < -0.4 is 10.1 Å². The average Bonchev–Trinajstić information content (AvgIpc) is 3.13. The molecule has 0 unspecified atom stereocenters. The van der Waals surface area contributed by atoms with Gasteiger partial charge in [-0.25, -0.2) is 8.42 Å². The molecular formula is C17H25ClN2O4S. The van der Waals surface area contributed by atoms with E-state index in [-0.39, 0.29) is 23.2 Å². The van der Waals surface area contributed by atoms with Crippen LogP contribution in [-0.2, 0) is 14.8 Å². The highest BCUT2D eigenvalue weighted by Gasteiger charge is 2.30. The van der Waals surface area contributed by atoms with Crippen molar-refractivity contribution < 1.29 is 17.9 Å². The quantitative estimate of drug-likeness (QED) is 0.660. The standard InChI is InChI=1S/C17H25ClN2O4S/c1-2-3-4-9-19-17(21)13-24-15-8-7-14(18)12-16(15)25(22,23)20-10-5-6-11-20/h7-8,12H,2-6,9-11,13H2,1H3,(H,19,21). The van der Waals surface area contributed by atoms with Gasteiger partial charge >= 0.3 is 0 Å². The van der Waals surface area contributed by atoms with E-state index in [0.29, 0.717) is 24.7 Å². The molecule has 1 fully saturated rings. The topological polar surface area (TPSA) is 75.7 Å². The summed E-state index contributed by atoms with van der Waals surface area (Å²) < 4.78 is 32.5. The maximum atomic E-state index is 12.8. The minimum atomic E-state index is -3.67. The summed E-state index contributed by atoms with van der Waals surface area (Å²) in [7, 11) is -3.67. The summed E-state index contributed by atoms with van der Waals surface area (Å²) in [5.41, 5.74) is 0. The van der Waals surface area contributed by atoms with E-state index in [1.807, 2.05) is 0 Å². The predicted molar refractivity (Wildman–Crippen MR) is 97.5 cm³/mol. The zero-order chi connectivity index (χ0) is 18.3. The Hall–Kier alpha value is -1.31. The van der Waals surface area contributed by atoms with E-state index in [9.17, 15) is 13.2 Å². The van der Waals surface area contributed by atoms with Gasteiger partial charge in [-0.05, 0) is 37.5 Å². The fourth-order valence-electron chi connectivity index (χ4n) is 2.67. The van der Waals surface area contributed by atoms with Crippen molar-refractivity contribution in [2.24, 2.45) is 0 Å². The van der Waals surface area contributed by atoms with Crippen LogP contribution in [0.15, 0.2) is 23.1 Å². The minimum Gasteiger partial charge on any atom is -0.482 e. The summed E-state index contributed by atoms with van der Waals surface area (Å²) in [5.74, 6) is -0.115. The maximum absolute atomic E-state index is 12.8. The minimum absolute atomic E-state index is 0.0145. The van der Waals surface area contributed by atoms with Crippen molar-refractivity contribution >= 4 is 27.5 Å². The largest absolute Gasteiger partial charge is 0.482 e. The molecule has 0 aliphatic carbocycles. The molecule has 0 spiro atoms. The zero-order valence-corrected chi connectivity index (χ0v) is 16.0. The highest BCUT2D eigenvalue weighted by Crippen LogP contribution is 2.31. The Balaban J connectivity index is 2.04. The number of hydrogen-bond acceptors (Lipinski definition) is 4. The second-order valence-corrected chi connectivity index (χ2v) is 8.39. The molecule has 0 atom stereocenters.